The lowest BCUT2D eigenvalue weighted by atomic mass is 10.0. The standard InChI is InChI=1S/C12H25N3O3S/c1-10-3-5-14(6-4-10)19(16,17)15-8-11(2)18-12(7-13)9-15/h10-12H,3-9,13H2,1-2H3. The number of rotatable bonds is 3. The molecule has 2 unspecified atom stereocenters. The van der Waals surface area contributed by atoms with Crippen molar-refractivity contribution < 1.29 is 13.2 Å². The summed E-state index contributed by atoms with van der Waals surface area (Å²) in [4.78, 5) is 0. The molecule has 0 aromatic rings. The van der Waals surface area contributed by atoms with Crippen LogP contribution in [0.25, 0.3) is 0 Å². The van der Waals surface area contributed by atoms with Crippen molar-refractivity contribution in [3.63, 3.8) is 0 Å². The summed E-state index contributed by atoms with van der Waals surface area (Å²) in [5, 5.41) is 0. The Labute approximate surface area is 116 Å². The predicted octanol–water partition coefficient (Wildman–Crippen LogP) is 0.0111. The fraction of sp³-hybridized carbons (Fsp3) is 1.00. The third-order valence-corrected chi connectivity index (χ3v) is 5.92. The topological polar surface area (TPSA) is 75.9 Å². The second-order valence-corrected chi connectivity index (χ2v) is 7.64. The van der Waals surface area contributed by atoms with Crippen LogP contribution in [0.5, 0.6) is 0 Å². The number of piperidine rings is 1. The second-order valence-electron chi connectivity index (χ2n) is 5.71. The fourth-order valence-electron chi connectivity index (χ4n) is 2.70. The highest BCUT2D eigenvalue weighted by atomic mass is 32.2. The third kappa shape index (κ3) is 3.46. The van der Waals surface area contributed by atoms with E-state index in [1.54, 1.807) is 4.31 Å². The van der Waals surface area contributed by atoms with Gasteiger partial charge in [0.15, 0.2) is 0 Å². The van der Waals surface area contributed by atoms with Gasteiger partial charge >= 0.3 is 0 Å². The SMILES string of the molecule is CC1CCN(S(=O)(=O)N2CC(C)OC(CN)C2)CC1. The highest BCUT2D eigenvalue weighted by Gasteiger charge is 2.37. The van der Waals surface area contributed by atoms with E-state index in [-0.39, 0.29) is 12.2 Å². The molecule has 0 amide bonds. The Kier molecular flexibility index (Phi) is 4.84. The van der Waals surface area contributed by atoms with Crippen molar-refractivity contribution in [1.29, 1.82) is 0 Å². The van der Waals surface area contributed by atoms with Crippen LogP contribution < -0.4 is 5.73 Å². The number of hydrogen-bond acceptors (Lipinski definition) is 4. The Hall–Kier alpha value is -0.210. The van der Waals surface area contributed by atoms with E-state index in [1.165, 1.54) is 4.31 Å². The summed E-state index contributed by atoms with van der Waals surface area (Å²) >= 11 is 0. The average molecular weight is 291 g/mol. The van der Waals surface area contributed by atoms with Gasteiger partial charge in [-0.15, -0.1) is 0 Å². The quantitative estimate of drug-likeness (QED) is 0.795. The van der Waals surface area contributed by atoms with Crippen molar-refractivity contribution in [1.82, 2.24) is 8.61 Å². The predicted molar refractivity (Wildman–Crippen MR) is 73.9 cm³/mol. The molecule has 0 aliphatic carbocycles. The first-order chi connectivity index (χ1) is 8.93. The van der Waals surface area contributed by atoms with E-state index in [9.17, 15) is 8.42 Å². The minimum Gasteiger partial charge on any atom is -0.371 e. The highest BCUT2D eigenvalue weighted by Crippen LogP contribution is 2.23. The first kappa shape index (κ1) is 15.2. The molecule has 0 aromatic heterocycles. The maximum Gasteiger partial charge on any atom is 0.282 e. The molecule has 7 heteroatoms. The van der Waals surface area contributed by atoms with E-state index in [2.05, 4.69) is 6.92 Å². The summed E-state index contributed by atoms with van der Waals surface area (Å²) in [5.41, 5.74) is 5.61. The van der Waals surface area contributed by atoms with Crippen molar-refractivity contribution in [2.24, 2.45) is 11.7 Å². The van der Waals surface area contributed by atoms with Gasteiger partial charge in [0.05, 0.1) is 12.2 Å². The van der Waals surface area contributed by atoms with Crippen LogP contribution in [0.15, 0.2) is 0 Å². The van der Waals surface area contributed by atoms with Gasteiger partial charge in [-0.05, 0) is 25.7 Å². The summed E-state index contributed by atoms with van der Waals surface area (Å²) in [5.74, 6) is 0.617. The molecule has 2 N–H and O–H groups in total. The van der Waals surface area contributed by atoms with Gasteiger partial charge in [-0.3, -0.25) is 0 Å². The molecule has 112 valence electrons. The summed E-state index contributed by atoms with van der Waals surface area (Å²) in [6.07, 6.45) is 1.60. The molecule has 2 aliphatic rings. The molecule has 0 saturated carbocycles. The minimum absolute atomic E-state index is 0.0965. The van der Waals surface area contributed by atoms with Crippen molar-refractivity contribution in [2.75, 3.05) is 32.7 Å². The summed E-state index contributed by atoms with van der Waals surface area (Å²) < 4.78 is 34.0. The lowest BCUT2D eigenvalue weighted by Gasteiger charge is -2.39. The van der Waals surface area contributed by atoms with Crippen LogP contribution in [0.4, 0.5) is 0 Å². The molecule has 2 saturated heterocycles. The number of morpholine rings is 1. The second kappa shape index (κ2) is 6.05. The van der Waals surface area contributed by atoms with Crippen LogP contribution in [-0.4, -0.2) is 62.0 Å². The third-order valence-electron chi connectivity index (χ3n) is 3.95. The van der Waals surface area contributed by atoms with E-state index in [0.29, 0.717) is 38.6 Å². The largest absolute Gasteiger partial charge is 0.371 e. The maximum absolute atomic E-state index is 12.6. The molecule has 6 nitrogen and oxygen atoms in total. The molecule has 0 radical (unpaired) electrons. The van der Waals surface area contributed by atoms with E-state index in [4.69, 9.17) is 10.5 Å². The lowest BCUT2D eigenvalue weighted by Crippen LogP contribution is -2.56. The molecular weight excluding hydrogens is 266 g/mol. The Balaban J connectivity index is 2.06. The zero-order valence-electron chi connectivity index (χ0n) is 11.8. The Morgan fingerprint density at radius 1 is 1.16 bits per heavy atom. The monoisotopic (exact) mass is 291 g/mol. The smallest absolute Gasteiger partial charge is 0.282 e. The number of nitrogens with zero attached hydrogens (tertiary/aromatic N) is 2. The molecule has 19 heavy (non-hydrogen) atoms. The Morgan fingerprint density at radius 3 is 2.37 bits per heavy atom. The number of ether oxygens (including phenoxy) is 1. The molecule has 0 spiro atoms. The first-order valence-electron chi connectivity index (χ1n) is 7.04. The van der Waals surface area contributed by atoms with E-state index in [1.807, 2.05) is 6.92 Å². The Bertz CT molecular complexity index is 393. The summed E-state index contributed by atoms with van der Waals surface area (Å²) in [6, 6.07) is 0. The molecule has 2 aliphatic heterocycles. The van der Waals surface area contributed by atoms with Gasteiger partial charge in [0.25, 0.3) is 10.2 Å². The zero-order valence-corrected chi connectivity index (χ0v) is 12.6. The summed E-state index contributed by atoms with van der Waals surface area (Å²) in [7, 11) is -3.35. The van der Waals surface area contributed by atoms with Crippen LogP contribution in [0.3, 0.4) is 0 Å². The van der Waals surface area contributed by atoms with Gasteiger partial charge in [-0.1, -0.05) is 6.92 Å². The molecule has 2 fully saturated rings. The normalized spacial score (nSPS) is 32.6. The molecule has 2 rings (SSSR count). The summed E-state index contributed by atoms with van der Waals surface area (Å²) in [6.45, 7) is 6.46. The maximum atomic E-state index is 12.6. The van der Waals surface area contributed by atoms with Crippen LogP contribution in [-0.2, 0) is 14.9 Å². The van der Waals surface area contributed by atoms with Crippen molar-refractivity contribution in [2.45, 2.75) is 38.9 Å². The number of hydrogen-bond donors (Lipinski definition) is 1. The highest BCUT2D eigenvalue weighted by molar-refractivity contribution is 7.86. The average Bonchev–Trinajstić information content (AvgIpc) is 2.38. The lowest BCUT2D eigenvalue weighted by molar-refractivity contribution is -0.0501. The van der Waals surface area contributed by atoms with Gasteiger partial charge in [-0.25, -0.2) is 0 Å². The van der Waals surface area contributed by atoms with Gasteiger partial charge in [0.1, 0.15) is 0 Å². The molecule has 0 bridgehead atoms. The van der Waals surface area contributed by atoms with E-state index in [0.717, 1.165) is 12.8 Å². The fourth-order valence-corrected chi connectivity index (χ4v) is 4.45. The van der Waals surface area contributed by atoms with Gasteiger partial charge in [0, 0.05) is 32.7 Å². The molecule has 2 heterocycles. The minimum atomic E-state index is -3.35. The zero-order chi connectivity index (χ0) is 14.0. The van der Waals surface area contributed by atoms with E-state index >= 15 is 0 Å². The Morgan fingerprint density at radius 2 is 1.79 bits per heavy atom. The van der Waals surface area contributed by atoms with Crippen LogP contribution in [0.1, 0.15) is 26.7 Å². The van der Waals surface area contributed by atoms with Gasteiger partial charge < -0.3 is 10.5 Å². The van der Waals surface area contributed by atoms with Gasteiger partial charge in [0.2, 0.25) is 0 Å². The van der Waals surface area contributed by atoms with Crippen molar-refractivity contribution in [3.8, 4) is 0 Å². The van der Waals surface area contributed by atoms with E-state index < -0.39 is 10.2 Å². The van der Waals surface area contributed by atoms with Crippen molar-refractivity contribution >= 4 is 10.2 Å². The number of nitrogens with two attached hydrogens (primary N) is 1. The molecular formula is C12H25N3O3S. The van der Waals surface area contributed by atoms with Crippen LogP contribution in [0, 0.1) is 5.92 Å². The molecule has 2 atom stereocenters. The van der Waals surface area contributed by atoms with Gasteiger partial charge in [-0.2, -0.15) is 17.0 Å². The van der Waals surface area contributed by atoms with Crippen LogP contribution in [0.2, 0.25) is 0 Å². The van der Waals surface area contributed by atoms with Crippen molar-refractivity contribution in [3.05, 3.63) is 0 Å². The first-order valence-corrected chi connectivity index (χ1v) is 8.44. The molecule has 0 aromatic carbocycles. The van der Waals surface area contributed by atoms with Crippen LogP contribution >= 0.6 is 0 Å².